The van der Waals surface area contributed by atoms with Gasteiger partial charge < -0.3 is 14.6 Å². The highest BCUT2D eigenvalue weighted by Gasteiger charge is 2.36. The molecule has 0 aliphatic carbocycles. The van der Waals surface area contributed by atoms with Crippen molar-refractivity contribution in [2.75, 3.05) is 19.6 Å². The molecule has 0 radical (unpaired) electrons. The van der Waals surface area contributed by atoms with E-state index in [0.29, 0.717) is 5.92 Å². The summed E-state index contributed by atoms with van der Waals surface area (Å²) in [5.41, 5.74) is 0.0819. The molecule has 5 rings (SSSR count). The fourth-order valence-electron chi connectivity index (χ4n) is 3.57. The lowest BCUT2D eigenvalue weighted by atomic mass is 9.84. The van der Waals surface area contributed by atoms with Crippen LogP contribution in [0, 0.1) is 5.92 Å². The molecule has 1 atom stereocenters. The second-order valence-electron chi connectivity index (χ2n) is 6.43. The number of alkyl halides is 3. The first-order chi connectivity index (χ1) is 11.4. The SMILES string of the molecule is O=C(N[C@H]1CN2CCC1CC2)c1cc2oc(C(F)(F)F)cc2cn1. The van der Waals surface area contributed by atoms with Crippen molar-refractivity contribution in [3.05, 3.63) is 29.8 Å². The summed E-state index contributed by atoms with van der Waals surface area (Å²) >= 11 is 0. The largest absolute Gasteiger partial charge is 0.451 e. The number of rotatable bonds is 2. The number of amides is 1. The second kappa shape index (κ2) is 5.47. The van der Waals surface area contributed by atoms with E-state index < -0.39 is 11.9 Å². The summed E-state index contributed by atoms with van der Waals surface area (Å²) in [5.74, 6) is -1.00. The Labute approximate surface area is 135 Å². The highest BCUT2D eigenvalue weighted by atomic mass is 19.4. The number of piperidine rings is 3. The Kier molecular flexibility index (Phi) is 3.52. The molecule has 0 spiro atoms. The number of nitrogens with zero attached hydrogens (tertiary/aromatic N) is 2. The van der Waals surface area contributed by atoms with Crippen molar-refractivity contribution in [2.24, 2.45) is 5.92 Å². The summed E-state index contributed by atoms with van der Waals surface area (Å²) in [7, 11) is 0. The Morgan fingerprint density at radius 3 is 2.67 bits per heavy atom. The average Bonchev–Trinajstić information content (AvgIpc) is 2.99. The third-order valence-corrected chi connectivity index (χ3v) is 4.89. The van der Waals surface area contributed by atoms with Crippen LogP contribution >= 0.6 is 0 Å². The molecule has 2 aromatic rings. The predicted octanol–water partition coefficient (Wildman–Crippen LogP) is 2.67. The van der Waals surface area contributed by atoms with Gasteiger partial charge in [0.1, 0.15) is 11.3 Å². The zero-order chi connectivity index (χ0) is 16.9. The molecular formula is C16H16F3N3O2. The maximum absolute atomic E-state index is 12.7. The van der Waals surface area contributed by atoms with Gasteiger partial charge in [0.05, 0.1) is 0 Å². The van der Waals surface area contributed by atoms with Gasteiger partial charge in [-0.3, -0.25) is 9.78 Å². The Morgan fingerprint density at radius 2 is 2.04 bits per heavy atom. The molecule has 3 aliphatic heterocycles. The van der Waals surface area contributed by atoms with Crippen LogP contribution < -0.4 is 5.32 Å². The van der Waals surface area contributed by atoms with Gasteiger partial charge >= 0.3 is 6.18 Å². The van der Waals surface area contributed by atoms with Crippen LogP contribution in [-0.2, 0) is 6.18 Å². The topological polar surface area (TPSA) is 58.4 Å². The zero-order valence-corrected chi connectivity index (χ0v) is 12.8. The van der Waals surface area contributed by atoms with Crippen LogP contribution in [-0.4, -0.2) is 41.5 Å². The number of pyridine rings is 1. The first-order valence-corrected chi connectivity index (χ1v) is 7.90. The fourth-order valence-corrected chi connectivity index (χ4v) is 3.57. The van der Waals surface area contributed by atoms with Crippen molar-refractivity contribution in [3.8, 4) is 0 Å². The van der Waals surface area contributed by atoms with Gasteiger partial charge in [-0.1, -0.05) is 0 Å². The number of furan rings is 1. The van der Waals surface area contributed by atoms with Gasteiger partial charge in [0.15, 0.2) is 0 Å². The van der Waals surface area contributed by atoms with Crippen LogP contribution in [0.25, 0.3) is 11.0 Å². The Morgan fingerprint density at radius 1 is 1.29 bits per heavy atom. The predicted molar refractivity (Wildman–Crippen MR) is 79.4 cm³/mol. The molecule has 5 nitrogen and oxygen atoms in total. The van der Waals surface area contributed by atoms with E-state index >= 15 is 0 Å². The van der Waals surface area contributed by atoms with Crippen LogP contribution in [0.15, 0.2) is 22.7 Å². The van der Waals surface area contributed by atoms with E-state index in [2.05, 4.69) is 15.2 Å². The molecule has 0 unspecified atom stereocenters. The lowest BCUT2D eigenvalue weighted by molar-refractivity contribution is -0.152. The Hall–Kier alpha value is -2.09. The number of halogens is 3. The number of fused-ring (bicyclic) bond motifs is 4. The van der Waals surface area contributed by atoms with E-state index in [1.165, 1.54) is 12.3 Å². The van der Waals surface area contributed by atoms with Gasteiger partial charge in [0, 0.05) is 30.2 Å². The number of hydrogen-bond acceptors (Lipinski definition) is 4. The molecule has 128 valence electrons. The molecule has 24 heavy (non-hydrogen) atoms. The molecule has 3 aliphatic rings. The Balaban J connectivity index is 1.54. The van der Waals surface area contributed by atoms with E-state index in [-0.39, 0.29) is 28.6 Å². The highest BCUT2D eigenvalue weighted by molar-refractivity contribution is 5.95. The maximum Gasteiger partial charge on any atom is 0.449 e. The van der Waals surface area contributed by atoms with E-state index in [1.807, 2.05) is 0 Å². The number of carbonyl (C=O) groups is 1. The lowest BCUT2D eigenvalue weighted by Gasteiger charge is -2.44. The summed E-state index contributed by atoms with van der Waals surface area (Å²) in [4.78, 5) is 18.7. The Bertz CT molecular complexity index is 778. The second-order valence-corrected chi connectivity index (χ2v) is 6.43. The van der Waals surface area contributed by atoms with Crippen molar-refractivity contribution in [3.63, 3.8) is 0 Å². The molecule has 3 fully saturated rings. The number of carbonyl (C=O) groups excluding carboxylic acids is 1. The molecule has 5 heterocycles. The van der Waals surface area contributed by atoms with Crippen LogP contribution in [0.2, 0.25) is 0 Å². The van der Waals surface area contributed by atoms with E-state index in [0.717, 1.165) is 38.5 Å². The van der Waals surface area contributed by atoms with Crippen LogP contribution in [0.5, 0.6) is 0 Å². The summed E-state index contributed by atoms with van der Waals surface area (Å²) in [5, 5.41) is 3.19. The first-order valence-electron chi connectivity index (χ1n) is 7.90. The van der Waals surface area contributed by atoms with Gasteiger partial charge in [-0.25, -0.2) is 0 Å². The first kappa shape index (κ1) is 15.4. The van der Waals surface area contributed by atoms with Gasteiger partial charge in [-0.2, -0.15) is 13.2 Å². The van der Waals surface area contributed by atoms with E-state index in [9.17, 15) is 18.0 Å². The standard InChI is InChI=1S/C16H16F3N3O2/c17-16(18,19)14-5-10-7-20-11(6-13(10)24-14)15(23)21-12-8-22-3-1-9(12)2-4-22/h5-7,9,12H,1-4,8H2,(H,21,23)/t12-/m0/s1. The molecule has 2 bridgehead atoms. The minimum absolute atomic E-state index is 0.0105. The van der Waals surface area contributed by atoms with Gasteiger partial charge in [0.25, 0.3) is 5.91 Å². The monoisotopic (exact) mass is 339 g/mol. The summed E-state index contributed by atoms with van der Waals surface area (Å²) < 4.78 is 42.9. The van der Waals surface area contributed by atoms with Crippen molar-refractivity contribution in [1.29, 1.82) is 0 Å². The van der Waals surface area contributed by atoms with Crippen molar-refractivity contribution in [1.82, 2.24) is 15.2 Å². The van der Waals surface area contributed by atoms with Crippen LogP contribution in [0.4, 0.5) is 13.2 Å². The van der Waals surface area contributed by atoms with Crippen molar-refractivity contribution >= 4 is 16.9 Å². The quantitative estimate of drug-likeness (QED) is 0.914. The van der Waals surface area contributed by atoms with Crippen LogP contribution in [0.3, 0.4) is 0 Å². The normalized spacial score (nSPS) is 26.7. The molecule has 3 saturated heterocycles. The van der Waals surface area contributed by atoms with Gasteiger partial charge in [-0.15, -0.1) is 0 Å². The van der Waals surface area contributed by atoms with Crippen molar-refractivity contribution in [2.45, 2.75) is 25.1 Å². The molecule has 0 saturated carbocycles. The zero-order valence-electron chi connectivity index (χ0n) is 12.8. The smallest absolute Gasteiger partial charge is 0.449 e. The van der Waals surface area contributed by atoms with E-state index in [4.69, 9.17) is 4.42 Å². The molecule has 1 amide bonds. The maximum atomic E-state index is 12.7. The molecule has 1 N–H and O–H groups in total. The third-order valence-electron chi connectivity index (χ3n) is 4.89. The fraction of sp³-hybridized carbons (Fsp3) is 0.500. The minimum Gasteiger partial charge on any atom is -0.451 e. The summed E-state index contributed by atoms with van der Waals surface area (Å²) in [6, 6.07) is 2.22. The summed E-state index contributed by atoms with van der Waals surface area (Å²) in [6.07, 6.45) is -1.20. The number of nitrogens with one attached hydrogen (secondary N) is 1. The van der Waals surface area contributed by atoms with Gasteiger partial charge in [-0.05, 0) is 37.9 Å². The summed E-state index contributed by atoms with van der Waals surface area (Å²) in [6.45, 7) is 2.94. The third kappa shape index (κ3) is 2.75. The lowest BCUT2D eigenvalue weighted by Crippen LogP contribution is -2.57. The molecule has 0 aromatic carbocycles. The number of aromatic nitrogens is 1. The molecule has 2 aromatic heterocycles. The van der Waals surface area contributed by atoms with Crippen LogP contribution in [0.1, 0.15) is 29.1 Å². The molecule has 8 heteroatoms. The minimum atomic E-state index is -4.56. The number of hydrogen-bond donors (Lipinski definition) is 1. The van der Waals surface area contributed by atoms with E-state index in [1.54, 1.807) is 0 Å². The van der Waals surface area contributed by atoms with Gasteiger partial charge in [0.2, 0.25) is 5.76 Å². The molecular weight excluding hydrogens is 323 g/mol. The average molecular weight is 339 g/mol. The highest BCUT2D eigenvalue weighted by Crippen LogP contribution is 2.33. The van der Waals surface area contributed by atoms with Crippen molar-refractivity contribution < 1.29 is 22.4 Å².